The standard InChI is InChI=1S/C19H31Cl2N6O3P3/c1-19(2,3)27-16-17-6-4-5-7-18(17)30-33(27)23-31(20,21)22-32(24-33,25-8-12-28-13-9-25)26-10-14-29-15-11-26/h4-7H,8-16H2,1-3H3. The Kier molecular flexibility index (Phi) is 6.90. The molecule has 1 atom stereocenters. The van der Waals surface area contributed by atoms with Gasteiger partial charge in [0.25, 0.3) is 5.91 Å². The van der Waals surface area contributed by atoms with Crippen molar-refractivity contribution in [3.63, 3.8) is 0 Å². The smallest absolute Gasteiger partial charge is 0.334 e. The molecule has 0 amide bonds. The molecule has 0 bridgehead atoms. The van der Waals surface area contributed by atoms with Gasteiger partial charge in [-0.25, -0.2) is 14.0 Å². The van der Waals surface area contributed by atoms with Crippen molar-refractivity contribution in [3.05, 3.63) is 29.8 Å². The number of rotatable bonds is 2. The molecule has 1 spiro atoms. The summed E-state index contributed by atoms with van der Waals surface area (Å²) in [5, 5.41) is 0. The molecule has 0 aliphatic carbocycles. The third-order valence-corrected chi connectivity index (χ3v) is 18.1. The molecule has 2 fully saturated rings. The van der Waals surface area contributed by atoms with Gasteiger partial charge in [-0.05, 0) is 49.3 Å². The lowest BCUT2D eigenvalue weighted by atomic mass is 10.1. The summed E-state index contributed by atoms with van der Waals surface area (Å²) < 4.78 is 40.7. The highest BCUT2D eigenvalue weighted by Gasteiger charge is 2.51. The summed E-state index contributed by atoms with van der Waals surface area (Å²) in [6.07, 6.45) is 0. The maximum absolute atomic E-state index is 6.98. The molecule has 0 N–H and O–H groups in total. The summed E-state index contributed by atoms with van der Waals surface area (Å²) in [5.41, 5.74) is 0.839. The molecule has 184 valence electrons. The Bertz CT molecular complexity index is 1050. The van der Waals surface area contributed by atoms with E-state index in [0.29, 0.717) is 33.0 Å². The molecule has 0 radical (unpaired) electrons. The molecule has 33 heavy (non-hydrogen) atoms. The zero-order valence-corrected chi connectivity index (χ0v) is 23.4. The van der Waals surface area contributed by atoms with Gasteiger partial charge in [0.1, 0.15) is 5.75 Å². The quantitative estimate of drug-likeness (QED) is 0.380. The Morgan fingerprint density at radius 3 is 2.00 bits per heavy atom. The van der Waals surface area contributed by atoms with Crippen LogP contribution in [0.5, 0.6) is 5.75 Å². The van der Waals surface area contributed by atoms with Crippen LogP contribution in [0, 0.1) is 0 Å². The largest absolute Gasteiger partial charge is 0.430 e. The van der Waals surface area contributed by atoms with Crippen LogP contribution in [0.25, 0.3) is 0 Å². The van der Waals surface area contributed by atoms with Crippen LogP contribution in [0.4, 0.5) is 0 Å². The number of benzene rings is 1. The van der Waals surface area contributed by atoms with Crippen LogP contribution in [0.3, 0.4) is 0 Å². The van der Waals surface area contributed by atoms with Crippen molar-refractivity contribution in [2.75, 3.05) is 52.6 Å². The van der Waals surface area contributed by atoms with E-state index < -0.39 is 21.0 Å². The van der Waals surface area contributed by atoms with Crippen LogP contribution in [0.1, 0.15) is 26.3 Å². The van der Waals surface area contributed by atoms with Crippen molar-refractivity contribution in [2.24, 2.45) is 13.5 Å². The van der Waals surface area contributed by atoms with Gasteiger partial charge in [-0.3, -0.25) is 0 Å². The number of halogens is 2. The van der Waals surface area contributed by atoms with E-state index in [4.69, 9.17) is 50.0 Å². The molecule has 1 aromatic rings. The van der Waals surface area contributed by atoms with E-state index >= 15 is 0 Å². The number of hydrogen-bond acceptors (Lipinski definition) is 9. The highest BCUT2D eigenvalue weighted by Crippen LogP contribution is 2.85. The highest BCUT2D eigenvalue weighted by molar-refractivity contribution is 8.13. The maximum Gasteiger partial charge on any atom is 0.334 e. The van der Waals surface area contributed by atoms with Gasteiger partial charge in [0.2, 0.25) is 7.51 Å². The molecule has 9 nitrogen and oxygen atoms in total. The van der Waals surface area contributed by atoms with Crippen LogP contribution < -0.4 is 4.52 Å². The van der Waals surface area contributed by atoms with Gasteiger partial charge < -0.3 is 14.0 Å². The Morgan fingerprint density at radius 2 is 1.42 bits per heavy atom. The fraction of sp³-hybridized carbons (Fsp3) is 0.684. The van der Waals surface area contributed by atoms with Crippen LogP contribution in [-0.4, -0.2) is 72.2 Å². The van der Waals surface area contributed by atoms with Gasteiger partial charge >= 0.3 is 7.58 Å². The first-order chi connectivity index (χ1) is 15.6. The molecule has 0 aromatic heterocycles. The number of para-hydroxylation sites is 1. The summed E-state index contributed by atoms with van der Waals surface area (Å²) in [5.74, 6) is -2.27. The van der Waals surface area contributed by atoms with Gasteiger partial charge in [0.15, 0.2) is 0 Å². The Morgan fingerprint density at radius 1 is 0.848 bits per heavy atom. The molecule has 5 rings (SSSR count). The Balaban J connectivity index is 1.77. The molecule has 2 saturated heterocycles. The first-order valence-electron chi connectivity index (χ1n) is 11.2. The molecule has 4 aliphatic heterocycles. The van der Waals surface area contributed by atoms with Crippen molar-refractivity contribution in [1.82, 2.24) is 14.0 Å². The highest BCUT2D eigenvalue weighted by atomic mass is 35.9. The molecular formula is C19H31Cl2N6O3P3. The van der Waals surface area contributed by atoms with Gasteiger partial charge in [-0.2, -0.15) is 13.5 Å². The summed E-state index contributed by atoms with van der Waals surface area (Å²) in [7, 11) is -5.65. The monoisotopic (exact) mass is 554 g/mol. The van der Waals surface area contributed by atoms with Crippen LogP contribution >= 0.6 is 43.5 Å². The van der Waals surface area contributed by atoms with E-state index in [9.17, 15) is 0 Å². The predicted molar refractivity (Wildman–Crippen MR) is 137 cm³/mol. The van der Waals surface area contributed by atoms with Crippen molar-refractivity contribution < 1.29 is 14.0 Å². The molecule has 4 heterocycles. The Hall–Kier alpha value is 0.0900. The zero-order valence-electron chi connectivity index (χ0n) is 19.2. The van der Waals surface area contributed by atoms with Crippen molar-refractivity contribution in [3.8, 4) is 5.75 Å². The third kappa shape index (κ3) is 4.76. The zero-order chi connectivity index (χ0) is 23.3. The number of ether oxygens (including phenoxy) is 2. The molecule has 0 saturated carbocycles. The number of morpholine rings is 2. The molecule has 1 unspecified atom stereocenters. The predicted octanol–water partition coefficient (Wildman–Crippen LogP) is 6.67. The molecule has 4 aliphatic rings. The average molecular weight is 555 g/mol. The first kappa shape index (κ1) is 24.8. The topological polar surface area (TPSA) is 74.5 Å². The van der Waals surface area contributed by atoms with E-state index in [2.05, 4.69) is 40.8 Å². The fourth-order valence-electron chi connectivity index (χ4n) is 4.46. The summed E-state index contributed by atoms with van der Waals surface area (Å²) in [6, 6.07) is 8.09. The molecule has 14 heteroatoms. The van der Waals surface area contributed by atoms with Gasteiger partial charge in [-0.15, -0.1) is 0 Å². The van der Waals surface area contributed by atoms with E-state index in [1.54, 1.807) is 0 Å². The van der Waals surface area contributed by atoms with Crippen molar-refractivity contribution in [2.45, 2.75) is 32.9 Å². The number of fused-ring (bicyclic) bond motifs is 1. The van der Waals surface area contributed by atoms with Gasteiger partial charge in [0, 0.05) is 43.8 Å². The van der Waals surface area contributed by atoms with Crippen molar-refractivity contribution >= 4 is 43.5 Å². The second-order valence-corrected chi connectivity index (χ2v) is 19.6. The number of nitrogens with zero attached hydrogens (tertiary/aromatic N) is 6. The minimum absolute atomic E-state index is 0.273. The summed E-state index contributed by atoms with van der Waals surface area (Å²) in [4.78, 5) is 0. The maximum atomic E-state index is 6.98. The number of hydrogen-bond donors (Lipinski definition) is 0. The van der Waals surface area contributed by atoms with Crippen LogP contribution in [0.2, 0.25) is 0 Å². The van der Waals surface area contributed by atoms with Gasteiger partial charge in [0.05, 0.1) is 26.4 Å². The van der Waals surface area contributed by atoms with E-state index in [1.807, 2.05) is 18.2 Å². The molecular weight excluding hydrogens is 524 g/mol. The third-order valence-electron chi connectivity index (χ3n) is 6.02. The summed E-state index contributed by atoms with van der Waals surface area (Å²) in [6.45, 7) is 12.5. The second kappa shape index (κ2) is 9.19. The normalized spacial score (nSPS) is 30.5. The average Bonchev–Trinajstić information content (AvgIpc) is 2.78. The van der Waals surface area contributed by atoms with Crippen LogP contribution in [-0.2, 0) is 16.0 Å². The minimum Gasteiger partial charge on any atom is -0.430 e. The van der Waals surface area contributed by atoms with Crippen LogP contribution in [0.15, 0.2) is 37.8 Å². The van der Waals surface area contributed by atoms with Gasteiger partial charge in [-0.1, -0.05) is 18.2 Å². The lowest BCUT2D eigenvalue weighted by Crippen LogP contribution is -2.44. The molecule has 1 aromatic carbocycles. The van der Waals surface area contributed by atoms with E-state index in [0.717, 1.165) is 37.5 Å². The fourth-order valence-corrected chi connectivity index (χ4v) is 18.9. The van der Waals surface area contributed by atoms with E-state index in [1.165, 1.54) is 0 Å². The minimum atomic E-state index is -3.08. The lowest BCUT2D eigenvalue weighted by molar-refractivity contribution is 0.0568. The second-order valence-electron chi connectivity index (χ2n) is 9.33. The van der Waals surface area contributed by atoms with E-state index in [-0.39, 0.29) is 5.54 Å². The SMILES string of the molecule is CC(C)(C)N1Cc2ccccc2OP12=NP(Cl)(Cl)=NP(N1CCOCC1)(N1CCOCC1)=N2. The van der Waals surface area contributed by atoms with Crippen molar-refractivity contribution in [1.29, 1.82) is 0 Å². The Labute approximate surface area is 205 Å². The first-order valence-corrected chi connectivity index (χ1v) is 17.8. The summed E-state index contributed by atoms with van der Waals surface area (Å²) >= 11 is 14.0. The lowest BCUT2D eigenvalue weighted by Gasteiger charge is -2.50.